The number of nitrogens with one attached hydrogen (secondary N) is 3. The van der Waals surface area contributed by atoms with Crippen molar-refractivity contribution in [3.63, 3.8) is 0 Å². The number of rotatable bonds is 7. The van der Waals surface area contributed by atoms with Crippen LogP contribution < -0.4 is 16.0 Å². The lowest BCUT2D eigenvalue weighted by molar-refractivity contribution is -0.122. The fourth-order valence-corrected chi connectivity index (χ4v) is 2.48. The molecule has 1 aromatic rings. The van der Waals surface area contributed by atoms with E-state index in [1.54, 1.807) is 12.1 Å². The van der Waals surface area contributed by atoms with Gasteiger partial charge in [0.15, 0.2) is 5.96 Å². The van der Waals surface area contributed by atoms with Crippen LogP contribution in [0, 0.1) is 5.92 Å². The van der Waals surface area contributed by atoms with E-state index in [-0.39, 0.29) is 35.8 Å². The zero-order valence-electron chi connectivity index (χ0n) is 13.6. The lowest BCUT2D eigenvalue weighted by Crippen LogP contribution is -2.41. The average Bonchev–Trinajstić information content (AvgIpc) is 3.35. The Morgan fingerprint density at radius 1 is 1.21 bits per heavy atom. The monoisotopic (exact) mass is 484 g/mol. The van der Waals surface area contributed by atoms with Gasteiger partial charge in [-0.05, 0) is 37.5 Å². The Hall–Kier alpha value is -0.730. The maximum atomic E-state index is 11.5. The molecule has 134 valence electrons. The molecular weight excluding hydrogens is 462 g/mol. The Morgan fingerprint density at radius 3 is 2.54 bits per heavy atom. The minimum absolute atomic E-state index is 0. The van der Waals surface area contributed by atoms with E-state index in [4.69, 9.17) is 23.2 Å². The molecule has 1 saturated carbocycles. The van der Waals surface area contributed by atoms with Gasteiger partial charge in [-0.2, -0.15) is 0 Å². The standard InChI is InChI=1S/C16H22Cl2N4O.HI/c1-2-19-16(21-8-7-20-15(23)11-3-4-11)22-10-12-5-6-13(17)9-14(12)18;/h5-6,9,11H,2-4,7-8,10H2,1H3,(H,20,23)(H2,19,21,22);1H. The van der Waals surface area contributed by atoms with Gasteiger partial charge in [0.1, 0.15) is 0 Å². The second-order valence-corrected chi connectivity index (χ2v) is 6.27. The van der Waals surface area contributed by atoms with Gasteiger partial charge in [-0.3, -0.25) is 4.79 Å². The van der Waals surface area contributed by atoms with Gasteiger partial charge in [0.05, 0.1) is 6.54 Å². The van der Waals surface area contributed by atoms with Gasteiger partial charge in [0, 0.05) is 35.6 Å². The minimum atomic E-state index is 0. The summed E-state index contributed by atoms with van der Waals surface area (Å²) in [7, 11) is 0. The molecule has 0 heterocycles. The van der Waals surface area contributed by atoms with E-state index in [9.17, 15) is 4.79 Å². The molecule has 3 N–H and O–H groups in total. The zero-order chi connectivity index (χ0) is 16.7. The molecule has 0 unspecified atom stereocenters. The van der Waals surface area contributed by atoms with Crippen molar-refractivity contribution in [2.45, 2.75) is 26.3 Å². The number of carbonyl (C=O) groups is 1. The molecular formula is C16H23Cl2IN4O. The fourth-order valence-electron chi connectivity index (χ4n) is 2.01. The van der Waals surface area contributed by atoms with Gasteiger partial charge in [-0.25, -0.2) is 4.99 Å². The van der Waals surface area contributed by atoms with E-state index < -0.39 is 0 Å². The van der Waals surface area contributed by atoms with E-state index >= 15 is 0 Å². The first-order valence-corrected chi connectivity index (χ1v) is 8.59. The molecule has 5 nitrogen and oxygen atoms in total. The minimum Gasteiger partial charge on any atom is -0.357 e. The van der Waals surface area contributed by atoms with Gasteiger partial charge >= 0.3 is 0 Å². The molecule has 2 rings (SSSR count). The molecule has 1 aliphatic carbocycles. The van der Waals surface area contributed by atoms with Crippen LogP contribution in [0.5, 0.6) is 0 Å². The number of halogens is 3. The van der Waals surface area contributed by atoms with Crippen LogP contribution in [0.15, 0.2) is 23.2 Å². The van der Waals surface area contributed by atoms with E-state index in [2.05, 4.69) is 20.9 Å². The molecule has 0 aromatic heterocycles. The summed E-state index contributed by atoms with van der Waals surface area (Å²) in [5, 5.41) is 10.5. The Balaban J connectivity index is 0.00000288. The Kier molecular flexibility index (Phi) is 9.76. The third-order valence-electron chi connectivity index (χ3n) is 3.43. The Bertz CT molecular complexity index is 579. The quantitative estimate of drug-likeness (QED) is 0.241. The highest BCUT2D eigenvalue weighted by Gasteiger charge is 2.28. The van der Waals surface area contributed by atoms with Crippen LogP contribution in [0.4, 0.5) is 0 Å². The van der Waals surface area contributed by atoms with Crippen molar-refractivity contribution in [1.82, 2.24) is 16.0 Å². The highest BCUT2D eigenvalue weighted by atomic mass is 127. The van der Waals surface area contributed by atoms with Crippen LogP contribution in [0.2, 0.25) is 10.0 Å². The highest BCUT2D eigenvalue weighted by molar-refractivity contribution is 14.0. The van der Waals surface area contributed by atoms with E-state index in [0.29, 0.717) is 35.6 Å². The first-order valence-electron chi connectivity index (χ1n) is 7.84. The smallest absolute Gasteiger partial charge is 0.223 e. The van der Waals surface area contributed by atoms with Crippen molar-refractivity contribution in [2.24, 2.45) is 10.9 Å². The van der Waals surface area contributed by atoms with Gasteiger partial charge in [-0.1, -0.05) is 29.3 Å². The topological polar surface area (TPSA) is 65.5 Å². The SMILES string of the molecule is CCNC(=NCc1ccc(Cl)cc1Cl)NCCNC(=O)C1CC1.I. The molecule has 24 heavy (non-hydrogen) atoms. The summed E-state index contributed by atoms with van der Waals surface area (Å²) in [6, 6.07) is 5.38. The van der Waals surface area contributed by atoms with E-state index in [1.807, 2.05) is 13.0 Å². The lowest BCUT2D eigenvalue weighted by atomic mass is 10.2. The molecule has 0 bridgehead atoms. The molecule has 0 radical (unpaired) electrons. The van der Waals surface area contributed by atoms with Crippen molar-refractivity contribution in [3.05, 3.63) is 33.8 Å². The third-order valence-corrected chi connectivity index (χ3v) is 4.02. The fraction of sp³-hybridized carbons (Fsp3) is 0.500. The maximum absolute atomic E-state index is 11.5. The number of amides is 1. The van der Waals surface area contributed by atoms with Gasteiger partial charge < -0.3 is 16.0 Å². The van der Waals surface area contributed by atoms with Crippen LogP contribution in [-0.2, 0) is 11.3 Å². The third kappa shape index (κ3) is 7.44. The van der Waals surface area contributed by atoms with Gasteiger partial charge in [0.2, 0.25) is 5.91 Å². The summed E-state index contributed by atoms with van der Waals surface area (Å²) >= 11 is 12.0. The van der Waals surface area contributed by atoms with Crippen LogP contribution in [0.3, 0.4) is 0 Å². The second kappa shape index (κ2) is 11.0. The van der Waals surface area contributed by atoms with Crippen molar-refractivity contribution >= 4 is 59.0 Å². The van der Waals surface area contributed by atoms with Crippen LogP contribution in [-0.4, -0.2) is 31.5 Å². The largest absolute Gasteiger partial charge is 0.357 e. The molecule has 1 aromatic carbocycles. The molecule has 0 atom stereocenters. The average molecular weight is 485 g/mol. The molecule has 8 heteroatoms. The summed E-state index contributed by atoms with van der Waals surface area (Å²) in [6.45, 7) is 4.43. The lowest BCUT2D eigenvalue weighted by Gasteiger charge is -2.12. The molecule has 1 fully saturated rings. The molecule has 0 spiro atoms. The number of nitrogens with zero attached hydrogens (tertiary/aromatic N) is 1. The Labute approximate surface area is 170 Å². The van der Waals surface area contributed by atoms with Gasteiger partial charge in [-0.15, -0.1) is 24.0 Å². The number of carbonyl (C=O) groups excluding carboxylic acids is 1. The molecule has 0 saturated heterocycles. The van der Waals surface area contributed by atoms with Crippen molar-refractivity contribution in [2.75, 3.05) is 19.6 Å². The number of hydrogen-bond donors (Lipinski definition) is 3. The number of aliphatic imine (C=N–C) groups is 1. The first kappa shape index (κ1) is 21.3. The normalized spacial score (nSPS) is 13.9. The second-order valence-electron chi connectivity index (χ2n) is 5.42. The summed E-state index contributed by atoms with van der Waals surface area (Å²) in [5.41, 5.74) is 0.912. The van der Waals surface area contributed by atoms with Crippen LogP contribution >= 0.6 is 47.2 Å². The summed E-state index contributed by atoms with van der Waals surface area (Å²) in [4.78, 5) is 16.0. The zero-order valence-corrected chi connectivity index (χ0v) is 17.4. The van der Waals surface area contributed by atoms with E-state index in [0.717, 1.165) is 24.9 Å². The summed E-state index contributed by atoms with van der Waals surface area (Å²) in [5.74, 6) is 1.09. The van der Waals surface area contributed by atoms with Crippen LogP contribution in [0.1, 0.15) is 25.3 Å². The molecule has 0 aliphatic heterocycles. The Morgan fingerprint density at radius 2 is 1.92 bits per heavy atom. The van der Waals surface area contributed by atoms with Crippen LogP contribution in [0.25, 0.3) is 0 Å². The highest BCUT2D eigenvalue weighted by Crippen LogP contribution is 2.28. The van der Waals surface area contributed by atoms with Crippen molar-refractivity contribution in [1.29, 1.82) is 0 Å². The number of guanidine groups is 1. The summed E-state index contributed by atoms with van der Waals surface area (Å²) in [6.07, 6.45) is 2.04. The molecule has 1 amide bonds. The predicted octanol–water partition coefficient (Wildman–Crippen LogP) is 3.19. The maximum Gasteiger partial charge on any atom is 0.223 e. The number of hydrogen-bond acceptors (Lipinski definition) is 2. The number of benzene rings is 1. The van der Waals surface area contributed by atoms with Crippen molar-refractivity contribution < 1.29 is 4.79 Å². The molecule has 1 aliphatic rings. The first-order chi connectivity index (χ1) is 11.1. The van der Waals surface area contributed by atoms with Crippen molar-refractivity contribution in [3.8, 4) is 0 Å². The van der Waals surface area contributed by atoms with E-state index in [1.165, 1.54) is 0 Å². The van der Waals surface area contributed by atoms with Gasteiger partial charge in [0.25, 0.3) is 0 Å². The summed E-state index contributed by atoms with van der Waals surface area (Å²) < 4.78 is 0. The predicted molar refractivity (Wildman–Crippen MR) is 110 cm³/mol.